The Labute approximate surface area is 89.2 Å². The maximum Gasteiger partial charge on any atom is 0.245 e. The van der Waals surface area contributed by atoms with Gasteiger partial charge in [0, 0.05) is 13.2 Å². The summed E-state index contributed by atoms with van der Waals surface area (Å²) < 4.78 is 0. The first-order valence-corrected chi connectivity index (χ1v) is 4.79. The van der Waals surface area contributed by atoms with Gasteiger partial charge in [-0.25, -0.2) is 4.98 Å². The van der Waals surface area contributed by atoms with Crippen molar-refractivity contribution >= 4 is 11.7 Å². The van der Waals surface area contributed by atoms with E-state index < -0.39 is 5.92 Å². The second-order valence-electron chi connectivity index (χ2n) is 3.18. The first-order valence-electron chi connectivity index (χ1n) is 4.79. The number of pyridine rings is 1. The van der Waals surface area contributed by atoms with E-state index in [1.165, 1.54) is 4.90 Å². The van der Waals surface area contributed by atoms with E-state index in [9.17, 15) is 4.79 Å². The Bertz CT molecular complexity index is 369. The topological polar surface area (TPSA) is 57.0 Å². The molecule has 0 radical (unpaired) electrons. The molecule has 1 atom stereocenters. The Morgan fingerprint density at radius 1 is 1.67 bits per heavy atom. The summed E-state index contributed by atoms with van der Waals surface area (Å²) in [5.74, 6) is -0.230. The molecule has 0 saturated carbocycles. The summed E-state index contributed by atoms with van der Waals surface area (Å²) in [5, 5.41) is 8.77. The molecule has 0 bridgehead atoms. The third-order valence-corrected chi connectivity index (χ3v) is 2.19. The van der Waals surface area contributed by atoms with Crippen molar-refractivity contribution in [2.45, 2.75) is 13.3 Å². The van der Waals surface area contributed by atoms with E-state index in [0.29, 0.717) is 12.2 Å². The van der Waals surface area contributed by atoms with Crippen molar-refractivity contribution in [2.24, 2.45) is 5.92 Å². The summed E-state index contributed by atoms with van der Waals surface area (Å²) in [6, 6.07) is 7.31. The van der Waals surface area contributed by atoms with Crippen LogP contribution in [0.1, 0.15) is 13.3 Å². The minimum absolute atomic E-state index is 0.210. The van der Waals surface area contributed by atoms with Crippen LogP contribution in [-0.2, 0) is 4.79 Å². The molecule has 0 aliphatic carbocycles. The molecule has 1 amide bonds. The Balaban J connectivity index is 2.82. The van der Waals surface area contributed by atoms with Crippen LogP contribution in [0.5, 0.6) is 0 Å². The largest absolute Gasteiger partial charge is 0.299 e. The van der Waals surface area contributed by atoms with Crippen molar-refractivity contribution in [3.05, 3.63) is 24.4 Å². The SMILES string of the molecule is CCC(C#N)C(=O)N(C)c1ccccn1. The second kappa shape index (κ2) is 5.11. The number of nitriles is 1. The molecule has 1 aromatic heterocycles. The molecule has 1 aromatic rings. The quantitative estimate of drug-likeness (QED) is 0.749. The minimum Gasteiger partial charge on any atom is -0.299 e. The summed E-state index contributed by atoms with van der Waals surface area (Å²) >= 11 is 0. The van der Waals surface area contributed by atoms with Crippen molar-refractivity contribution in [2.75, 3.05) is 11.9 Å². The van der Waals surface area contributed by atoms with Gasteiger partial charge in [0.1, 0.15) is 11.7 Å². The molecule has 0 spiro atoms. The Morgan fingerprint density at radius 3 is 2.87 bits per heavy atom. The van der Waals surface area contributed by atoms with Gasteiger partial charge in [0.25, 0.3) is 0 Å². The van der Waals surface area contributed by atoms with Crippen LogP contribution >= 0.6 is 0 Å². The van der Waals surface area contributed by atoms with E-state index >= 15 is 0 Å². The lowest BCUT2D eigenvalue weighted by atomic mass is 10.1. The molecular weight excluding hydrogens is 190 g/mol. The third-order valence-electron chi connectivity index (χ3n) is 2.19. The number of carbonyl (C=O) groups is 1. The van der Waals surface area contributed by atoms with Gasteiger partial charge in [-0.15, -0.1) is 0 Å². The molecule has 1 unspecified atom stereocenters. The van der Waals surface area contributed by atoms with Gasteiger partial charge in [0.2, 0.25) is 5.91 Å². The molecule has 4 nitrogen and oxygen atoms in total. The fraction of sp³-hybridized carbons (Fsp3) is 0.364. The van der Waals surface area contributed by atoms with Gasteiger partial charge >= 0.3 is 0 Å². The zero-order valence-corrected chi connectivity index (χ0v) is 8.84. The van der Waals surface area contributed by atoms with Gasteiger partial charge in [0.15, 0.2) is 0 Å². The molecule has 1 rings (SSSR count). The smallest absolute Gasteiger partial charge is 0.245 e. The van der Waals surface area contributed by atoms with Gasteiger partial charge in [0.05, 0.1) is 6.07 Å². The van der Waals surface area contributed by atoms with Gasteiger partial charge in [-0.3, -0.25) is 9.69 Å². The van der Waals surface area contributed by atoms with Crippen LogP contribution in [0.3, 0.4) is 0 Å². The zero-order valence-electron chi connectivity index (χ0n) is 8.84. The van der Waals surface area contributed by atoms with Crippen molar-refractivity contribution < 1.29 is 4.79 Å². The molecule has 0 aliphatic rings. The summed E-state index contributed by atoms with van der Waals surface area (Å²) in [4.78, 5) is 17.2. The van der Waals surface area contributed by atoms with E-state index in [4.69, 9.17) is 5.26 Å². The first kappa shape index (κ1) is 11.2. The molecule has 0 fully saturated rings. The fourth-order valence-corrected chi connectivity index (χ4v) is 1.22. The standard InChI is InChI=1S/C11H13N3O/c1-3-9(8-12)11(15)14(2)10-6-4-5-7-13-10/h4-7,9H,3H2,1-2H3. The number of hydrogen-bond donors (Lipinski definition) is 0. The van der Waals surface area contributed by atoms with Crippen molar-refractivity contribution in [1.29, 1.82) is 5.26 Å². The van der Waals surface area contributed by atoms with E-state index in [1.54, 1.807) is 31.4 Å². The molecule has 4 heteroatoms. The van der Waals surface area contributed by atoms with Gasteiger partial charge in [-0.2, -0.15) is 5.26 Å². The number of anilines is 1. The highest BCUT2D eigenvalue weighted by Gasteiger charge is 2.21. The van der Waals surface area contributed by atoms with Crippen LogP contribution in [0.2, 0.25) is 0 Å². The molecule has 15 heavy (non-hydrogen) atoms. The molecule has 0 N–H and O–H groups in total. The summed E-state index contributed by atoms with van der Waals surface area (Å²) in [5.41, 5.74) is 0. The first-order chi connectivity index (χ1) is 7.20. The predicted octanol–water partition coefficient (Wildman–Crippen LogP) is 1.59. The van der Waals surface area contributed by atoms with E-state index in [2.05, 4.69) is 4.98 Å². The minimum atomic E-state index is -0.586. The average Bonchev–Trinajstić information content (AvgIpc) is 2.30. The average molecular weight is 203 g/mol. The van der Waals surface area contributed by atoms with Crippen LogP contribution in [0.25, 0.3) is 0 Å². The maximum atomic E-state index is 11.8. The zero-order chi connectivity index (χ0) is 11.3. The summed E-state index contributed by atoms with van der Waals surface area (Å²) in [6.45, 7) is 1.82. The van der Waals surface area contributed by atoms with Crippen molar-refractivity contribution in [1.82, 2.24) is 4.98 Å². The predicted molar refractivity (Wildman–Crippen MR) is 57.0 cm³/mol. The number of aromatic nitrogens is 1. The van der Waals surface area contributed by atoms with Crippen LogP contribution in [0.4, 0.5) is 5.82 Å². The maximum absolute atomic E-state index is 11.8. The number of rotatable bonds is 3. The highest BCUT2D eigenvalue weighted by Crippen LogP contribution is 2.12. The second-order valence-corrected chi connectivity index (χ2v) is 3.18. The lowest BCUT2D eigenvalue weighted by Crippen LogP contribution is -2.32. The van der Waals surface area contributed by atoms with Gasteiger partial charge in [-0.05, 0) is 18.6 Å². The number of amides is 1. The van der Waals surface area contributed by atoms with Crippen LogP contribution in [0.15, 0.2) is 24.4 Å². The Morgan fingerprint density at radius 2 is 2.40 bits per heavy atom. The van der Waals surface area contributed by atoms with Crippen molar-refractivity contribution in [3.63, 3.8) is 0 Å². The van der Waals surface area contributed by atoms with Crippen LogP contribution in [-0.4, -0.2) is 17.9 Å². The molecule has 0 saturated heterocycles. The van der Waals surface area contributed by atoms with E-state index in [0.717, 1.165) is 0 Å². The Kier molecular flexibility index (Phi) is 3.81. The fourth-order valence-electron chi connectivity index (χ4n) is 1.22. The normalized spacial score (nSPS) is 11.5. The van der Waals surface area contributed by atoms with E-state index in [1.807, 2.05) is 13.0 Å². The summed E-state index contributed by atoms with van der Waals surface area (Å²) in [6.07, 6.45) is 2.14. The molecule has 78 valence electrons. The molecule has 0 aromatic carbocycles. The highest BCUT2D eigenvalue weighted by molar-refractivity contribution is 5.95. The van der Waals surface area contributed by atoms with Crippen LogP contribution in [0, 0.1) is 17.2 Å². The summed E-state index contributed by atoms with van der Waals surface area (Å²) in [7, 11) is 1.63. The van der Waals surface area contributed by atoms with Gasteiger partial charge in [-0.1, -0.05) is 13.0 Å². The number of nitrogens with zero attached hydrogens (tertiary/aromatic N) is 3. The third kappa shape index (κ3) is 2.53. The van der Waals surface area contributed by atoms with E-state index in [-0.39, 0.29) is 5.91 Å². The van der Waals surface area contributed by atoms with Crippen LogP contribution < -0.4 is 4.90 Å². The Hall–Kier alpha value is -1.89. The molecular formula is C11H13N3O. The molecule has 1 heterocycles. The lowest BCUT2D eigenvalue weighted by Gasteiger charge is -2.17. The highest BCUT2D eigenvalue weighted by atomic mass is 16.2. The van der Waals surface area contributed by atoms with Gasteiger partial charge < -0.3 is 0 Å². The lowest BCUT2D eigenvalue weighted by molar-refractivity contribution is -0.120. The molecule has 0 aliphatic heterocycles. The monoisotopic (exact) mass is 203 g/mol. The number of hydrogen-bond acceptors (Lipinski definition) is 3. The number of carbonyl (C=O) groups excluding carboxylic acids is 1. The van der Waals surface area contributed by atoms with Crippen molar-refractivity contribution in [3.8, 4) is 6.07 Å².